The van der Waals surface area contributed by atoms with Gasteiger partial charge in [-0.1, -0.05) is 12.1 Å². The van der Waals surface area contributed by atoms with Gasteiger partial charge in [0.1, 0.15) is 0 Å². The van der Waals surface area contributed by atoms with Crippen LogP contribution in [0, 0.1) is 5.92 Å². The van der Waals surface area contributed by atoms with Gasteiger partial charge in [-0.2, -0.15) is 0 Å². The molecular formula is C18H26ClN3O2. The second-order valence-electron chi connectivity index (χ2n) is 6.52. The Hall–Kier alpha value is -1.59. The smallest absolute Gasteiger partial charge is 0.255 e. The predicted molar refractivity (Wildman–Crippen MR) is 97.7 cm³/mol. The van der Waals surface area contributed by atoms with E-state index in [-0.39, 0.29) is 24.2 Å². The van der Waals surface area contributed by atoms with Crippen molar-refractivity contribution >= 4 is 29.9 Å². The SMILES string of the molecule is Cl.O=C(CNCC1CC1)Nc1ccccc1C(=O)N1CCCCC1. The highest BCUT2D eigenvalue weighted by molar-refractivity contribution is 6.04. The molecule has 3 rings (SSSR count). The summed E-state index contributed by atoms with van der Waals surface area (Å²) in [6.45, 7) is 2.82. The fourth-order valence-electron chi connectivity index (χ4n) is 2.95. The van der Waals surface area contributed by atoms with Crippen molar-refractivity contribution in [3.05, 3.63) is 29.8 Å². The lowest BCUT2D eigenvalue weighted by atomic mass is 10.1. The quantitative estimate of drug-likeness (QED) is 0.828. The van der Waals surface area contributed by atoms with E-state index >= 15 is 0 Å². The van der Waals surface area contributed by atoms with Gasteiger partial charge in [0.15, 0.2) is 0 Å². The normalized spacial score (nSPS) is 17.1. The zero-order chi connectivity index (χ0) is 16.1. The highest BCUT2D eigenvalue weighted by atomic mass is 35.5. The van der Waals surface area contributed by atoms with E-state index < -0.39 is 0 Å². The minimum atomic E-state index is -0.0930. The number of halogens is 1. The summed E-state index contributed by atoms with van der Waals surface area (Å²) >= 11 is 0. The van der Waals surface area contributed by atoms with E-state index in [0.29, 0.717) is 17.8 Å². The molecule has 0 spiro atoms. The van der Waals surface area contributed by atoms with Gasteiger partial charge in [0.25, 0.3) is 5.91 Å². The maximum Gasteiger partial charge on any atom is 0.255 e. The number of para-hydroxylation sites is 1. The van der Waals surface area contributed by atoms with Crippen molar-refractivity contribution in [2.45, 2.75) is 32.1 Å². The molecule has 1 aromatic rings. The van der Waals surface area contributed by atoms with Crippen molar-refractivity contribution < 1.29 is 9.59 Å². The van der Waals surface area contributed by atoms with Crippen molar-refractivity contribution in [1.29, 1.82) is 0 Å². The third-order valence-electron chi connectivity index (χ3n) is 4.49. The number of anilines is 1. The Labute approximate surface area is 149 Å². The van der Waals surface area contributed by atoms with E-state index in [2.05, 4.69) is 10.6 Å². The van der Waals surface area contributed by atoms with Gasteiger partial charge in [-0.05, 0) is 56.7 Å². The number of carbonyl (C=O) groups excluding carboxylic acids is 2. The van der Waals surface area contributed by atoms with E-state index in [4.69, 9.17) is 0 Å². The molecular weight excluding hydrogens is 326 g/mol. The average molecular weight is 352 g/mol. The second-order valence-corrected chi connectivity index (χ2v) is 6.52. The van der Waals surface area contributed by atoms with Crippen molar-refractivity contribution in [2.75, 3.05) is 31.5 Å². The molecule has 1 aromatic carbocycles. The van der Waals surface area contributed by atoms with Crippen LogP contribution in [0.1, 0.15) is 42.5 Å². The number of rotatable bonds is 6. The van der Waals surface area contributed by atoms with Gasteiger partial charge in [-0.25, -0.2) is 0 Å². The van der Waals surface area contributed by atoms with Gasteiger partial charge in [-0.15, -0.1) is 12.4 Å². The first-order chi connectivity index (χ1) is 11.2. The molecule has 1 aliphatic carbocycles. The Bertz CT molecular complexity index is 569. The first kappa shape index (κ1) is 18.7. The topological polar surface area (TPSA) is 61.4 Å². The molecule has 1 aliphatic heterocycles. The molecule has 0 radical (unpaired) electrons. The minimum Gasteiger partial charge on any atom is -0.339 e. The first-order valence-electron chi connectivity index (χ1n) is 8.63. The molecule has 0 aromatic heterocycles. The fraction of sp³-hybridized carbons (Fsp3) is 0.556. The summed E-state index contributed by atoms with van der Waals surface area (Å²) in [5.74, 6) is 0.673. The van der Waals surface area contributed by atoms with E-state index in [0.717, 1.165) is 38.4 Å². The highest BCUT2D eigenvalue weighted by Gasteiger charge is 2.22. The number of amides is 2. The van der Waals surface area contributed by atoms with Gasteiger partial charge >= 0.3 is 0 Å². The van der Waals surface area contributed by atoms with Crippen LogP contribution in [-0.4, -0.2) is 42.9 Å². The molecule has 1 saturated heterocycles. The van der Waals surface area contributed by atoms with Crippen LogP contribution >= 0.6 is 12.4 Å². The summed E-state index contributed by atoms with van der Waals surface area (Å²) in [7, 11) is 0. The Morgan fingerprint density at radius 3 is 2.50 bits per heavy atom. The number of benzene rings is 1. The minimum absolute atomic E-state index is 0. The number of hydrogen-bond donors (Lipinski definition) is 2. The van der Waals surface area contributed by atoms with Crippen LogP contribution in [0.3, 0.4) is 0 Å². The lowest BCUT2D eigenvalue weighted by Crippen LogP contribution is -2.36. The lowest BCUT2D eigenvalue weighted by Gasteiger charge is -2.27. The molecule has 2 amide bonds. The van der Waals surface area contributed by atoms with Gasteiger partial charge in [0.05, 0.1) is 17.8 Å². The van der Waals surface area contributed by atoms with Crippen LogP contribution in [0.15, 0.2) is 24.3 Å². The summed E-state index contributed by atoms with van der Waals surface area (Å²) in [5.41, 5.74) is 1.20. The van der Waals surface area contributed by atoms with Gasteiger partial charge in [-0.3, -0.25) is 9.59 Å². The first-order valence-corrected chi connectivity index (χ1v) is 8.63. The van der Waals surface area contributed by atoms with Crippen molar-refractivity contribution in [1.82, 2.24) is 10.2 Å². The van der Waals surface area contributed by atoms with Crippen LogP contribution < -0.4 is 10.6 Å². The number of hydrogen-bond acceptors (Lipinski definition) is 3. The molecule has 1 saturated carbocycles. The third kappa shape index (κ3) is 5.21. The Kier molecular flexibility index (Phi) is 7.06. The predicted octanol–water partition coefficient (Wildman–Crippen LogP) is 2.67. The Morgan fingerprint density at radius 2 is 1.79 bits per heavy atom. The molecule has 132 valence electrons. The van der Waals surface area contributed by atoms with Gasteiger partial charge in [0, 0.05) is 13.1 Å². The van der Waals surface area contributed by atoms with Crippen molar-refractivity contribution in [3.8, 4) is 0 Å². The van der Waals surface area contributed by atoms with E-state index in [1.54, 1.807) is 12.1 Å². The average Bonchev–Trinajstić information content (AvgIpc) is 3.40. The molecule has 6 heteroatoms. The summed E-state index contributed by atoms with van der Waals surface area (Å²) in [6, 6.07) is 7.29. The zero-order valence-electron chi connectivity index (χ0n) is 13.9. The van der Waals surface area contributed by atoms with Crippen LogP contribution in [0.25, 0.3) is 0 Å². The number of nitrogens with one attached hydrogen (secondary N) is 2. The Morgan fingerprint density at radius 1 is 1.08 bits per heavy atom. The molecule has 0 atom stereocenters. The molecule has 1 heterocycles. The molecule has 0 bridgehead atoms. The number of piperidine rings is 1. The second kappa shape index (κ2) is 9.04. The van der Waals surface area contributed by atoms with E-state index in [9.17, 15) is 9.59 Å². The summed E-state index contributed by atoms with van der Waals surface area (Å²) in [4.78, 5) is 26.6. The summed E-state index contributed by atoms with van der Waals surface area (Å²) in [6.07, 6.45) is 5.84. The maximum atomic E-state index is 12.7. The monoisotopic (exact) mass is 351 g/mol. The molecule has 2 aliphatic rings. The van der Waals surface area contributed by atoms with Crippen LogP contribution in [-0.2, 0) is 4.79 Å². The number of likely N-dealkylation sites (tertiary alicyclic amines) is 1. The number of carbonyl (C=O) groups is 2. The summed E-state index contributed by atoms with van der Waals surface area (Å²) in [5, 5.41) is 6.05. The Balaban J connectivity index is 0.00000208. The highest BCUT2D eigenvalue weighted by Crippen LogP contribution is 2.27. The largest absolute Gasteiger partial charge is 0.339 e. The zero-order valence-corrected chi connectivity index (χ0v) is 14.7. The fourth-order valence-corrected chi connectivity index (χ4v) is 2.95. The molecule has 0 unspecified atom stereocenters. The third-order valence-corrected chi connectivity index (χ3v) is 4.49. The number of nitrogens with zero attached hydrogens (tertiary/aromatic N) is 1. The molecule has 24 heavy (non-hydrogen) atoms. The van der Waals surface area contributed by atoms with Crippen LogP contribution in [0.5, 0.6) is 0 Å². The standard InChI is InChI=1S/C18H25N3O2.ClH/c22-17(13-19-12-14-8-9-14)20-16-7-3-2-6-15(16)18(23)21-10-4-1-5-11-21;/h2-3,6-7,14,19H,1,4-5,8-13H2,(H,20,22);1H. The van der Waals surface area contributed by atoms with Crippen LogP contribution in [0.2, 0.25) is 0 Å². The molecule has 2 N–H and O–H groups in total. The molecule has 2 fully saturated rings. The summed E-state index contributed by atoms with van der Waals surface area (Å²) < 4.78 is 0. The van der Waals surface area contributed by atoms with Crippen LogP contribution in [0.4, 0.5) is 5.69 Å². The van der Waals surface area contributed by atoms with E-state index in [1.165, 1.54) is 19.3 Å². The molecule has 5 nitrogen and oxygen atoms in total. The van der Waals surface area contributed by atoms with E-state index in [1.807, 2.05) is 17.0 Å². The van der Waals surface area contributed by atoms with Gasteiger partial charge in [0.2, 0.25) is 5.91 Å². The van der Waals surface area contributed by atoms with Crippen molar-refractivity contribution in [2.24, 2.45) is 5.92 Å². The lowest BCUT2D eigenvalue weighted by molar-refractivity contribution is -0.115. The van der Waals surface area contributed by atoms with Gasteiger partial charge < -0.3 is 15.5 Å². The maximum absolute atomic E-state index is 12.7. The van der Waals surface area contributed by atoms with Crippen molar-refractivity contribution in [3.63, 3.8) is 0 Å².